The van der Waals surface area contributed by atoms with Crippen molar-refractivity contribution >= 4 is 22.5 Å². The molecule has 0 fully saturated rings. The average Bonchev–Trinajstić information content (AvgIpc) is 3.47. The van der Waals surface area contributed by atoms with Crippen LogP contribution in [0.2, 0.25) is 0 Å². The maximum absolute atomic E-state index is 13.3. The number of benzene rings is 3. The summed E-state index contributed by atoms with van der Waals surface area (Å²) in [6.07, 6.45) is 1.71. The van der Waals surface area contributed by atoms with Gasteiger partial charge in [0.05, 0.1) is 6.54 Å². The number of amides is 1. The van der Waals surface area contributed by atoms with Crippen LogP contribution < -0.4 is 10.1 Å². The molecule has 7 heteroatoms. The number of nitrogens with one attached hydrogen (secondary N) is 1. The molecule has 2 aromatic heterocycles. The van der Waals surface area contributed by atoms with Crippen molar-refractivity contribution in [3.8, 4) is 5.75 Å². The highest BCUT2D eigenvalue weighted by Crippen LogP contribution is 2.22. The van der Waals surface area contributed by atoms with Gasteiger partial charge >= 0.3 is 0 Å². The van der Waals surface area contributed by atoms with Crippen molar-refractivity contribution in [2.75, 3.05) is 5.32 Å². The van der Waals surface area contributed by atoms with E-state index in [1.807, 2.05) is 48.5 Å². The molecule has 0 bridgehead atoms. The van der Waals surface area contributed by atoms with Gasteiger partial charge in [-0.25, -0.2) is 4.39 Å². The third-order valence-electron chi connectivity index (χ3n) is 5.10. The molecular formula is C26H20FN3O3. The van der Waals surface area contributed by atoms with Gasteiger partial charge in [0.25, 0.3) is 5.91 Å². The Morgan fingerprint density at radius 2 is 1.85 bits per heavy atom. The smallest absolute Gasteiger partial charge is 0.292 e. The third kappa shape index (κ3) is 4.93. The van der Waals surface area contributed by atoms with Gasteiger partial charge in [-0.15, -0.1) is 0 Å². The van der Waals surface area contributed by atoms with E-state index in [4.69, 9.17) is 9.15 Å². The lowest BCUT2D eigenvalue weighted by Gasteiger charge is -2.06. The molecule has 3 aromatic carbocycles. The van der Waals surface area contributed by atoms with Crippen LogP contribution in [0.1, 0.15) is 21.9 Å². The number of hydrogen-bond acceptors (Lipinski definition) is 4. The molecule has 0 aliphatic heterocycles. The van der Waals surface area contributed by atoms with E-state index in [9.17, 15) is 9.18 Å². The second-order valence-electron chi connectivity index (χ2n) is 7.55. The summed E-state index contributed by atoms with van der Waals surface area (Å²) in [5.41, 5.74) is 0.776. The molecule has 0 aliphatic rings. The van der Waals surface area contributed by atoms with Crippen molar-refractivity contribution in [2.24, 2.45) is 0 Å². The second kappa shape index (κ2) is 9.00. The van der Waals surface area contributed by atoms with Gasteiger partial charge in [-0.3, -0.25) is 9.48 Å². The summed E-state index contributed by atoms with van der Waals surface area (Å²) in [6.45, 7) is 0.596. The third-order valence-corrected chi connectivity index (χ3v) is 5.10. The lowest BCUT2D eigenvalue weighted by Crippen LogP contribution is -2.12. The fourth-order valence-electron chi connectivity index (χ4n) is 3.51. The molecule has 0 atom stereocenters. The van der Waals surface area contributed by atoms with Crippen LogP contribution in [0.15, 0.2) is 95.5 Å². The summed E-state index contributed by atoms with van der Waals surface area (Å²) < 4.78 is 26.4. The number of ether oxygens (including phenoxy) is 1. The van der Waals surface area contributed by atoms with Crippen LogP contribution in [-0.2, 0) is 13.2 Å². The first-order chi connectivity index (χ1) is 16.1. The van der Waals surface area contributed by atoms with Crippen LogP contribution in [0, 0.1) is 5.82 Å². The fourth-order valence-corrected chi connectivity index (χ4v) is 3.51. The number of nitrogens with zero attached hydrogens (tertiary/aromatic N) is 2. The van der Waals surface area contributed by atoms with Gasteiger partial charge in [-0.1, -0.05) is 42.5 Å². The van der Waals surface area contributed by atoms with Crippen molar-refractivity contribution in [3.05, 3.63) is 114 Å². The molecule has 5 aromatic rings. The normalized spacial score (nSPS) is 10.9. The summed E-state index contributed by atoms with van der Waals surface area (Å²) in [4.78, 5) is 12.5. The van der Waals surface area contributed by atoms with Crippen molar-refractivity contribution in [1.29, 1.82) is 0 Å². The molecule has 0 saturated heterocycles. The number of carbonyl (C=O) groups excluding carboxylic acids is 1. The van der Waals surface area contributed by atoms with Gasteiger partial charge in [-0.2, -0.15) is 5.10 Å². The first kappa shape index (κ1) is 20.5. The zero-order chi connectivity index (χ0) is 22.6. The van der Waals surface area contributed by atoms with Gasteiger partial charge in [0.2, 0.25) is 0 Å². The number of furan rings is 1. The molecule has 33 heavy (non-hydrogen) atoms. The predicted molar refractivity (Wildman–Crippen MR) is 123 cm³/mol. The number of carbonyl (C=O) groups is 1. The Morgan fingerprint density at radius 3 is 2.73 bits per heavy atom. The second-order valence-corrected chi connectivity index (χ2v) is 7.55. The van der Waals surface area contributed by atoms with E-state index in [0.29, 0.717) is 18.1 Å². The quantitative estimate of drug-likeness (QED) is 0.354. The van der Waals surface area contributed by atoms with E-state index in [-0.39, 0.29) is 18.2 Å². The molecule has 0 spiro atoms. The summed E-state index contributed by atoms with van der Waals surface area (Å²) in [7, 11) is 0. The van der Waals surface area contributed by atoms with E-state index in [1.54, 1.807) is 35.1 Å². The molecule has 2 heterocycles. The minimum atomic E-state index is -0.414. The zero-order valence-electron chi connectivity index (χ0n) is 17.6. The Morgan fingerprint density at radius 1 is 0.970 bits per heavy atom. The Balaban J connectivity index is 1.18. The Bertz CT molecular complexity index is 1420. The molecule has 1 amide bonds. The Labute approximate surface area is 189 Å². The number of rotatable bonds is 7. The lowest BCUT2D eigenvalue weighted by atomic mass is 10.1. The largest absolute Gasteiger partial charge is 0.486 e. The summed E-state index contributed by atoms with van der Waals surface area (Å²) in [6, 6.07) is 25.2. The summed E-state index contributed by atoms with van der Waals surface area (Å²) >= 11 is 0. The molecule has 0 saturated carbocycles. The average molecular weight is 441 g/mol. The van der Waals surface area contributed by atoms with Crippen LogP contribution in [0.4, 0.5) is 10.2 Å². The van der Waals surface area contributed by atoms with Gasteiger partial charge in [0.1, 0.15) is 23.9 Å². The number of anilines is 1. The van der Waals surface area contributed by atoms with Crippen molar-refractivity contribution < 1.29 is 18.3 Å². The fraction of sp³-hybridized carbons (Fsp3) is 0.0769. The lowest BCUT2D eigenvalue weighted by molar-refractivity contribution is 0.0992. The van der Waals surface area contributed by atoms with Gasteiger partial charge in [0.15, 0.2) is 11.6 Å². The highest BCUT2D eigenvalue weighted by Gasteiger charge is 2.13. The molecule has 0 aliphatic carbocycles. The summed E-state index contributed by atoms with van der Waals surface area (Å²) in [5.74, 6) is 1.08. The van der Waals surface area contributed by atoms with Gasteiger partial charge < -0.3 is 14.5 Å². The van der Waals surface area contributed by atoms with Crippen LogP contribution >= 0.6 is 0 Å². The standard InChI is InChI=1S/C26H20FN3O3/c27-21-7-3-4-18(14-21)16-30-13-12-25(29-30)28-26(31)24-11-10-23(33-24)17-32-22-9-8-19-5-1-2-6-20(19)15-22/h1-15H,16-17H2,(H,28,29,31). The molecule has 5 rings (SSSR count). The summed E-state index contributed by atoms with van der Waals surface area (Å²) in [5, 5.41) is 9.24. The van der Waals surface area contributed by atoms with E-state index < -0.39 is 5.91 Å². The minimum absolute atomic E-state index is 0.159. The van der Waals surface area contributed by atoms with E-state index in [2.05, 4.69) is 10.4 Å². The maximum Gasteiger partial charge on any atom is 0.292 e. The molecule has 1 N–H and O–H groups in total. The number of aromatic nitrogens is 2. The topological polar surface area (TPSA) is 69.3 Å². The molecular weight excluding hydrogens is 421 g/mol. The predicted octanol–water partition coefficient (Wildman–Crippen LogP) is 5.65. The number of fused-ring (bicyclic) bond motifs is 1. The van der Waals surface area contributed by atoms with Crippen molar-refractivity contribution in [1.82, 2.24) is 9.78 Å². The van der Waals surface area contributed by atoms with E-state index in [0.717, 1.165) is 22.1 Å². The van der Waals surface area contributed by atoms with Gasteiger partial charge in [-0.05, 0) is 52.7 Å². The zero-order valence-corrected chi connectivity index (χ0v) is 17.6. The monoisotopic (exact) mass is 441 g/mol. The Kier molecular flexibility index (Phi) is 5.59. The van der Waals surface area contributed by atoms with E-state index >= 15 is 0 Å². The molecule has 0 unspecified atom stereocenters. The number of halogens is 1. The SMILES string of the molecule is O=C(Nc1ccn(Cc2cccc(F)c2)n1)c1ccc(COc2ccc3ccccc3c2)o1. The van der Waals surface area contributed by atoms with Crippen molar-refractivity contribution in [2.45, 2.75) is 13.2 Å². The highest BCUT2D eigenvalue weighted by atomic mass is 19.1. The first-order valence-corrected chi connectivity index (χ1v) is 10.4. The molecule has 6 nitrogen and oxygen atoms in total. The van der Waals surface area contributed by atoms with E-state index in [1.165, 1.54) is 12.1 Å². The highest BCUT2D eigenvalue weighted by molar-refractivity contribution is 6.01. The van der Waals surface area contributed by atoms with Crippen molar-refractivity contribution in [3.63, 3.8) is 0 Å². The van der Waals surface area contributed by atoms with Crippen LogP contribution in [0.5, 0.6) is 5.75 Å². The maximum atomic E-state index is 13.3. The minimum Gasteiger partial charge on any atom is -0.486 e. The first-order valence-electron chi connectivity index (χ1n) is 10.4. The molecule has 164 valence electrons. The van der Waals surface area contributed by atoms with Crippen LogP contribution in [-0.4, -0.2) is 15.7 Å². The van der Waals surface area contributed by atoms with Gasteiger partial charge in [0, 0.05) is 12.3 Å². The van der Waals surface area contributed by atoms with Crippen LogP contribution in [0.25, 0.3) is 10.8 Å². The Hall–Kier alpha value is -4.39. The van der Waals surface area contributed by atoms with Crippen LogP contribution in [0.3, 0.4) is 0 Å². The molecule has 0 radical (unpaired) electrons. The number of hydrogen-bond donors (Lipinski definition) is 1.